The Balaban J connectivity index is 1.64. The van der Waals surface area contributed by atoms with E-state index >= 15 is 0 Å². The van der Waals surface area contributed by atoms with E-state index < -0.39 is 0 Å². The molecule has 1 amide bonds. The molecule has 1 aliphatic rings. The first-order valence-electron chi connectivity index (χ1n) is 8.70. The number of carbonyl (C=O) groups excluding carboxylic acids is 1. The van der Waals surface area contributed by atoms with Crippen LogP contribution in [0.5, 0.6) is 0 Å². The van der Waals surface area contributed by atoms with Crippen LogP contribution < -0.4 is 10.2 Å². The topological polar surface area (TPSA) is 41.6 Å². The van der Waals surface area contributed by atoms with Gasteiger partial charge in [-0.2, -0.15) is 0 Å². The van der Waals surface area contributed by atoms with Crippen molar-refractivity contribution < 1.29 is 9.53 Å². The van der Waals surface area contributed by atoms with Gasteiger partial charge >= 0.3 is 0 Å². The maximum Gasteiger partial charge on any atom is 0.237 e. The van der Waals surface area contributed by atoms with Crippen LogP contribution in [-0.4, -0.2) is 37.5 Å². The molecule has 1 N–H and O–H groups in total. The first-order chi connectivity index (χ1) is 12.5. The largest absolute Gasteiger partial charge is 0.378 e. The Kier molecular flexibility index (Phi) is 6.46. The minimum absolute atomic E-state index is 0.0304. The van der Waals surface area contributed by atoms with Crippen LogP contribution in [0.25, 0.3) is 0 Å². The van der Waals surface area contributed by atoms with Crippen molar-refractivity contribution in [2.75, 3.05) is 36.5 Å². The minimum Gasteiger partial charge on any atom is -0.378 e. The average Bonchev–Trinajstić information content (AvgIpc) is 2.66. The van der Waals surface area contributed by atoms with Crippen molar-refractivity contribution in [3.63, 3.8) is 0 Å². The van der Waals surface area contributed by atoms with Gasteiger partial charge in [0.1, 0.15) is 0 Å². The van der Waals surface area contributed by atoms with Gasteiger partial charge in [0.05, 0.1) is 23.5 Å². The first-order valence-corrected chi connectivity index (χ1v) is 9.96. The number of morpholine rings is 1. The SMILES string of the molecule is Cc1cc(N2CCOCC2)ccc1NC(=O)C(C)Sc1ccccc1Cl. The van der Waals surface area contributed by atoms with Crippen LogP contribution in [-0.2, 0) is 9.53 Å². The van der Waals surface area contributed by atoms with Crippen LogP contribution in [0.1, 0.15) is 12.5 Å². The highest BCUT2D eigenvalue weighted by Crippen LogP contribution is 2.31. The van der Waals surface area contributed by atoms with E-state index in [4.69, 9.17) is 16.3 Å². The number of ether oxygens (including phenoxy) is 1. The molecule has 0 bridgehead atoms. The summed E-state index contributed by atoms with van der Waals surface area (Å²) in [6, 6.07) is 13.7. The molecule has 6 heteroatoms. The molecule has 2 aromatic rings. The maximum absolute atomic E-state index is 12.6. The fourth-order valence-electron chi connectivity index (χ4n) is 2.82. The number of benzene rings is 2. The van der Waals surface area contributed by atoms with Crippen molar-refractivity contribution in [2.24, 2.45) is 0 Å². The summed E-state index contributed by atoms with van der Waals surface area (Å²) in [6.07, 6.45) is 0. The molecule has 0 saturated carbocycles. The van der Waals surface area contributed by atoms with E-state index in [9.17, 15) is 4.79 Å². The molecule has 0 aliphatic carbocycles. The van der Waals surface area contributed by atoms with E-state index in [1.54, 1.807) is 0 Å². The number of carbonyl (C=O) groups is 1. The van der Waals surface area contributed by atoms with Gasteiger partial charge in [-0.05, 0) is 49.7 Å². The van der Waals surface area contributed by atoms with E-state index in [0.29, 0.717) is 5.02 Å². The highest BCUT2D eigenvalue weighted by atomic mass is 35.5. The molecule has 2 aromatic carbocycles. The van der Waals surface area contributed by atoms with Gasteiger partial charge in [-0.25, -0.2) is 0 Å². The Morgan fingerprint density at radius 2 is 1.96 bits per heavy atom. The third-order valence-electron chi connectivity index (χ3n) is 4.35. The van der Waals surface area contributed by atoms with Crippen LogP contribution in [0.3, 0.4) is 0 Å². The zero-order valence-corrected chi connectivity index (χ0v) is 16.6. The zero-order valence-electron chi connectivity index (χ0n) is 15.0. The van der Waals surface area contributed by atoms with Crippen molar-refractivity contribution >= 4 is 40.6 Å². The molecule has 1 saturated heterocycles. The molecule has 138 valence electrons. The predicted octanol–water partition coefficient (Wildman–Crippen LogP) is 4.60. The highest BCUT2D eigenvalue weighted by molar-refractivity contribution is 8.00. The van der Waals surface area contributed by atoms with Crippen molar-refractivity contribution in [1.29, 1.82) is 0 Å². The number of aryl methyl sites for hydroxylation is 1. The summed E-state index contributed by atoms with van der Waals surface area (Å²) < 4.78 is 5.40. The lowest BCUT2D eigenvalue weighted by Gasteiger charge is -2.29. The van der Waals surface area contributed by atoms with Crippen molar-refractivity contribution in [3.8, 4) is 0 Å². The summed E-state index contributed by atoms with van der Waals surface area (Å²) in [7, 11) is 0. The minimum atomic E-state index is -0.242. The van der Waals surface area contributed by atoms with Gasteiger partial charge in [0.25, 0.3) is 0 Å². The van der Waals surface area contributed by atoms with E-state index in [1.165, 1.54) is 17.4 Å². The van der Waals surface area contributed by atoms with Gasteiger partial charge in [0, 0.05) is 29.4 Å². The number of nitrogens with one attached hydrogen (secondary N) is 1. The first kappa shape index (κ1) is 19.1. The number of hydrogen-bond donors (Lipinski definition) is 1. The second-order valence-corrected chi connectivity index (χ2v) is 8.07. The molecule has 4 nitrogen and oxygen atoms in total. The molecule has 3 rings (SSSR count). The van der Waals surface area contributed by atoms with Crippen LogP contribution in [0.2, 0.25) is 5.02 Å². The third kappa shape index (κ3) is 4.72. The van der Waals surface area contributed by atoms with Crippen LogP contribution in [0.4, 0.5) is 11.4 Å². The lowest BCUT2D eigenvalue weighted by atomic mass is 10.1. The number of hydrogen-bond acceptors (Lipinski definition) is 4. The number of thioether (sulfide) groups is 1. The molecule has 1 fully saturated rings. The van der Waals surface area contributed by atoms with Crippen LogP contribution in [0, 0.1) is 6.92 Å². The Hall–Kier alpha value is -1.69. The standard InChI is InChI=1S/C20H23ClN2O2S/c1-14-13-16(23-9-11-25-12-10-23)7-8-18(14)22-20(24)15(2)26-19-6-4-3-5-17(19)21/h3-8,13,15H,9-12H2,1-2H3,(H,22,24). The molecule has 1 unspecified atom stereocenters. The number of nitrogens with zero attached hydrogens (tertiary/aromatic N) is 1. The maximum atomic E-state index is 12.6. The van der Waals surface area contributed by atoms with Crippen molar-refractivity contribution in [2.45, 2.75) is 24.0 Å². The average molecular weight is 391 g/mol. The number of amides is 1. The monoisotopic (exact) mass is 390 g/mol. The molecule has 1 aliphatic heterocycles. The van der Waals surface area contributed by atoms with Gasteiger partial charge in [-0.1, -0.05) is 23.7 Å². The van der Waals surface area contributed by atoms with E-state index in [1.807, 2.05) is 44.2 Å². The third-order valence-corrected chi connectivity index (χ3v) is 5.97. The Bertz CT molecular complexity index is 778. The summed E-state index contributed by atoms with van der Waals surface area (Å²) in [6.45, 7) is 7.22. The van der Waals surface area contributed by atoms with Gasteiger partial charge in [0.2, 0.25) is 5.91 Å². The number of rotatable bonds is 5. The van der Waals surface area contributed by atoms with Crippen LogP contribution in [0.15, 0.2) is 47.4 Å². The fourth-order valence-corrected chi connectivity index (χ4v) is 3.98. The molecule has 26 heavy (non-hydrogen) atoms. The van der Waals surface area contributed by atoms with Crippen LogP contribution >= 0.6 is 23.4 Å². The fraction of sp³-hybridized carbons (Fsp3) is 0.350. The van der Waals surface area contributed by atoms with Gasteiger partial charge in [-0.15, -0.1) is 11.8 Å². The summed E-state index contributed by atoms with van der Waals surface area (Å²) in [5.74, 6) is -0.0304. The Morgan fingerprint density at radius 1 is 1.23 bits per heavy atom. The zero-order chi connectivity index (χ0) is 18.5. The number of halogens is 1. The predicted molar refractivity (Wildman–Crippen MR) is 110 cm³/mol. The Labute approximate surface area is 163 Å². The van der Waals surface area contributed by atoms with E-state index in [0.717, 1.165) is 42.4 Å². The lowest BCUT2D eigenvalue weighted by Crippen LogP contribution is -2.36. The van der Waals surface area contributed by atoms with Gasteiger partial charge in [0.15, 0.2) is 0 Å². The van der Waals surface area contributed by atoms with Crippen molar-refractivity contribution in [3.05, 3.63) is 53.1 Å². The summed E-state index contributed by atoms with van der Waals surface area (Å²) in [5.41, 5.74) is 3.07. The van der Waals surface area contributed by atoms with E-state index in [2.05, 4.69) is 22.3 Å². The summed E-state index contributed by atoms with van der Waals surface area (Å²) in [4.78, 5) is 15.8. The normalized spacial score (nSPS) is 15.6. The van der Waals surface area contributed by atoms with Gasteiger partial charge < -0.3 is 15.0 Å². The molecule has 1 heterocycles. The molecule has 0 aromatic heterocycles. The van der Waals surface area contributed by atoms with E-state index in [-0.39, 0.29) is 11.2 Å². The molecule has 1 atom stereocenters. The Morgan fingerprint density at radius 3 is 2.65 bits per heavy atom. The second-order valence-electron chi connectivity index (χ2n) is 6.28. The highest BCUT2D eigenvalue weighted by Gasteiger charge is 2.17. The van der Waals surface area contributed by atoms with Gasteiger partial charge in [-0.3, -0.25) is 4.79 Å². The molecular formula is C20H23ClN2O2S. The quantitative estimate of drug-likeness (QED) is 0.757. The summed E-state index contributed by atoms with van der Waals surface area (Å²) in [5, 5.41) is 3.46. The molecular weight excluding hydrogens is 368 g/mol. The molecule has 0 spiro atoms. The number of anilines is 2. The lowest BCUT2D eigenvalue weighted by molar-refractivity contribution is -0.115. The van der Waals surface area contributed by atoms with Crippen molar-refractivity contribution in [1.82, 2.24) is 0 Å². The smallest absolute Gasteiger partial charge is 0.237 e. The summed E-state index contributed by atoms with van der Waals surface area (Å²) >= 11 is 7.65. The molecule has 0 radical (unpaired) electrons. The second kappa shape index (κ2) is 8.80.